The molecule has 2 heterocycles. The second-order valence-corrected chi connectivity index (χ2v) is 6.28. The number of amides is 1. The van der Waals surface area contributed by atoms with Crippen LogP contribution < -0.4 is 10.2 Å². The Kier molecular flexibility index (Phi) is 3.81. The number of hydrogen-bond acceptors (Lipinski definition) is 4. The number of aromatic nitrogens is 2. The van der Waals surface area contributed by atoms with Crippen LogP contribution in [0, 0.1) is 5.41 Å². The van der Waals surface area contributed by atoms with Gasteiger partial charge in [0.15, 0.2) is 0 Å². The molecule has 1 saturated heterocycles. The molecule has 1 spiro atoms. The highest BCUT2D eigenvalue weighted by atomic mass is 19.4. The van der Waals surface area contributed by atoms with Crippen LogP contribution in [-0.4, -0.2) is 40.3 Å². The van der Waals surface area contributed by atoms with Gasteiger partial charge in [-0.25, -0.2) is 14.8 Å². The van der Waals surface area contributed by atoms with Gasteiger partial charge >= 0.3 is 12.3 Å². The summed E-state index contributed by atoms with van der Waals surface area (Å²) >= 11 is 0. The van der Waals surface area contributed by atoms with E-state index in [9.17, 15) is 18.0 Å². The quantitative estimate of drug-likeness (QED) is 0.871. The van der Waals surface area contributed by atoms with Crippen molar-refractivity contribution in [3.05, 3.63) is 18.0 Å². The summed E-state index contributed by atoms with van der Waals surface area (Å²) in [5.74, 6) is 0.106. The Morgan fingerprint density at radius 3 is 2.57 bits per heavy atom. The molecule has 2 fully saturated rings. The van der Waals surface area contributed by atoms with E-state index in [0.29, 0.717) is 13.1 Å². The van der Waals surface area contributed by atoms with Gasteiger partial charge < -0.3 is 15.3 Å². The second-order valence-electron chi connectivity index (χ2n) is 6.28. The van der Waals surface area contributed by atoms with Gasteiger partial charge in [-0.3, -0.25) is 0 Å². The molecule has 1 saturated carbocycles. The number of piperidine rings is 1. The minimum absolute atomic E-state index is 0.0103. The Morgan fingerprint density at radius 2 is 2.00 bits per heavy atom. The maximum absolute atomic E-state index is 12.7. The number of nitrogens with zero attached hydrogens (tertiary/aromatic N) is 3. The molecule has 0 aromatic carbocycles. The minimum atomic E-state index is -4.47. The molecule has 1 aromatic rings. The molecule has 2 aliphatic rings. The lowest BCUT2D eigenvalue weighted by molar-refractivity contribution is -0.141. The molecule has 126 valence electrons. The van der Waals surface area contributed by atoms with Crippen molar-refractivity contribution in [1.29, 1.82) is 0 Å². The lowest BCUT2D eigenvalue weighted by Crippen LogP contribution is -2.55. The average Bonchev–Trinajstić information content (AvgIpc) is 2.45. The van der Waals surface area contributed by atoms with Gasteiger partial charge in [0.05, 0.1) is 0 Å². The van der Waals surface area contributed by atoms with E-state index in [4.69, 9.17) is 5.11 Å². The molecule has 0 bridgehead atoms. The predicted octanol–water partition coefficient (Wildman–Crippen LogP) is 2.51. The van der Waals surface area contributed by atoms with E-state index in [2.05, 4.69) is 15.3 Å². The van der Waals surface area contributed by atoms with Crippen LogP contribution in [-0.2, 0) is 6.18 Å². The number of nitrogens with one attached hydrogen (secondary N) is 1. The van der Waals surface area contributed by atoms with E-state index in [0.717, 1.165) is 37.9 Å². The summed E-state index contributed by atoms with van der Waals surface area (Å²) in [6, 6.07) is 0.854. The molecular formula is C14H17F3N4O2. The fraction of sp³-hybridized carbons (Fsp3) is 0.643. The molecule has 3 rings (SSSR count). The van der Waals surface area contributed by atoms with Crippen LogP contribution in [0.15, 0.2) is 12.3 Å². The Labute approximate surface area is 130 Å². The Morgan fingerprint density at radius 1 is 1.35 bits per heavy atom. The summed E-state index contributed by atoms with van der Waals surface area (Å²) in [5, 5.41) is 11.2. The number of hydrogen-bond donors (Lipinski definition) is 2. The summed E-state index contributed by atoms with van der Waals surface area (Å²) in [4.78, 5) is 19.9. The fourth-order valence-electron chi connectivity index (χ4n) is 3.51. The number of carbonyl (C=O) groups is 1. The van der Waals surface area contributed by atoms with Gasteiger partial charge in [0.2, 0.25) is 5.95 Å². The predicted molar refractivity (Wildman–Crippen MR) is 75.1 cm³/mol. The highest BCUT2D eigenvalue weighted by molar-refractivity contribution is 5.65. The van der Waals surface area contributed by atoms with Gasteiger partial charge in [0.1, 0.15) is 5.69 Å². The third kappa shape index (κ3) is 3.32. The van der Waals surface area contributed by atoms with E-state index in [1.54, 1.807) is 4.90 Å². The standard InChI is InChI=1S/C14H17F3N4O2/c15-14(16,17)10-1-4-18-11(20-10)21-5-2-13(3-6-21)7-9(8-13)19-12(22)23/h1,4,9,19H,2-3,5-8H2,(H,22,23). The van der Waals surface area contributed by atoms with Crippen LogP contribution in [0.3, 0.4) is 0 Å². The first-order chi connectivity index (χ1) is 10.8. The molecule has 0 radical (unpaired) electrons. The van der Waals surface area contributed by atoms with E-state index in [-0.39, 0.29) is 17.4 Å². The third-order valence-electron chi connectivity index (χ3n) is 4.73. The zero-order chi connectivity index (χ0) is 16.7. The highest BCUT2D eigenvalue weighted by Crippen LogP contribution is 2.49. The zero-order valence-electron chi connectivity index (χ0n) is 12.3. The molecule has 0 atom stereocenters. The molecule has 9 heteroatoms. The topological polar surface area (TPSA) is 78.4 Å². The molecule has 1 aliphatic heterocycles. The summed E-state index contributed by atoms with van der Waals surface area (Å²) in [6.07, 6.45) is -1.16. The van der Waals surface area contributed by atoms with Crippen molar-refractivity contribution in [3.63, 3.8) is 0 Å². The minimum Gasteiger partial charge on any atom is -0.465 e. The summed E-state index contributed by atoms with van der Waals surface area (Å²) < 4.78 is 38.1. The third-order valence-corrected chi connectivity index (χ3v) is 4.73. The molecule has 1 amide bonds. The zero-order valence-corrected chi connectivity index (χ0v) is 12.3. The molecule has 1 aromatic heterocycles. The summed E-state index contributed by atoms with van der Waals surface area (Å²) in [5.41, 5.74) is -0.831. The Hall–Kier alpha value is -2.06. The SMILES string of the molecule is O=C(O)NC1CC2(CCN(c3nccc(C(F)(F)F)n3)CC2)C1. The van der Waals surface area contributed by atoms with E-state index in [1.165, 1.54) is 0 Å². The Balaban J connectivity index is 1.59. The maximum Gasteiger partial charge on any atom is 0.433 e. The van der Waals surface area contributed by atoms with E-state index >= 15 is 0 Å². The Bertz CT molecular complexity index is 592. The number of rotatable bonds is 2. The number of halogens is 3. The molecule has 2 N–H and O–H groups in total. The van der Waals surface area contributed by atoms with Gasteiger partial charge in [0.25, 0.3) is 0 Å². The van der Waals surface area contributed by atoms with Crippen molar-refractivity contribution in [3.8, 4) is 0 Å². The van der Waals surface area contributed by atoms with Gasteiger partial charge in [-0.2, -0.15) is 13.2 Å². The van der Waals surface area contributed by atoms with Gasteiger partial charge in [-0.15, -0.1) is 0 Å². The first-order valence-corrected chi connectivity index (χ1v) is 7.42. The van der Waals surface area contributed by atoms with Crippen molar-refractivity contribution in [1.82, 2.24) is 15.3 Å². The van der Waals surface area contributed by atoms with Gasteiger partial charge in [-0.1, -0.05) is 0 Å². The van der Waals surface area contributed by atoms with Crippen molar-refractivity contribution >= 4 is 12.0 Å². The highest BCUT2D eigenvalue weighted by Gasteiger charge is 2.46. The smallest absolute Gasteiger partial charge is 0.433 e. The van der Waals surface area contributed by atoms with Crippen molar-refractivity contribution in [2.24, 2.45) is 5.41 Å². The summed E-state index contributed by atoms with van der Waals surface area (Å²) in [7, 11) is 0. The maximum atomic E-state index is 12.7. The van der Waals surface area contributed by atoms with E-state index < -0.39 is 18.0 Å². The van der Waals surface area contributed by atoms with Gasteiger partial charge in [0, 0.05) is 25.3 Å². The summed E-state index contributed by atoms with van der Waals surface area (Å²) in [6.45, 7) is 1.17. The molecule has 0 unspecified atom stereocenters. The largest absolute Gasteiger partial charge is 0.465 e. The van der Waals surface area contributed by atoms with Crippen LogP contribution in [0.2, 0.25) is 0 Å². The van der Waals surface area contributed by atoms with E-state index in [1.807, 2.05) is 0 Å². The molecule has 23 heavy (non-hydrogen) atoms. The van der Waals surface area contributed by atoms with Crippen LogP contribution >= 0.6 is 0 Å². The van der Waals surface area contributed by atoms with Crippen molar-refractivity contribution in [2.75, 3.05) is 18.0 Å². The lowest BCUT2D eigenvalue weighted by Gasteiger charge is -2.52. The first-order valence-electron chi connectivity index (χ1n) is 7.42. The molecule has 1 aliphatic carbocycles. The number of carboxylic acid groups (broad SMARTS) is 1. The molecular weight excluding hydrogens is 313 g/mol. The first kappa shape index (κ1) is 15.8. The number of alkyl halides is 3. The molecule has 6 nitrogen and oxygen atoms in total. The monoisotopic (exact) mass is 330 g/mol. The van der Waals surface area contributed by atoms with Gasteiger partial charge in [-0.05, 0) is 37.2 Å². The average molecular weight is 330 g/mol. The van der Waals surface area contributed by atoms with Crippen LogP contribution in [0.5, 0.6) is 0 Å². The lowest BCUT2D eigenvalue weighted by atomic mass is 9.60. The number of anilines is 1. The van der Waals surface area contributed by atoms with Crippen LogP contribution in [0.1, 0.15) is 31.4 Å². The van der Waals surface area contributed by atoms with Crippen molar-refractivity contribution < 1.29 is 23.1 Å². The fourth-order valence-corrected chi connectivity index (χ4v) is 3.51. The van der Waals surface area contributed by atoms with Crippen molar-refractivity contribution in [2.45, 2.75) is 37.9 Å². The normalized spacial score (nSPS) is 21.1. The second kappa shape index (κ2) is 5.54. The van der Waals surface area contributed by atoms with Crippen LogP contribution in [0.4, 0.5) is 23.9 Å². The van der Waals surface area contributed by atoms with Crippen LogP contribution in [0.25, 0.3) is 0 Å².